The van der Waals surface area contributed by atoms with Crippen LogP contribution in [0.2, 0.25) is 0 Å². The molecule has 0 amide bonds. The molecule has 1 atom stereocenters. The van der Waals surface area contributed by atoms with Crippen LogP contribution in [0.25, 0.3) is 0 Å². The van der Waals surface area contributed by atoms with E-state index in [1.54, 1.807) is 36.4 Å². The average Bonchev–Trinajstić information content (AvgIpc) is 2.70. The fourth-order valence-electron chi connectivity index (χ4n) is 2.68. The molecule has 0 fully saturated rings. The van der Waals surface area contributed by atoms with Crippen LogP contribution in [-0.2, 0) is 15.1 Å². The van der Waals surface area contributed by atoms with Gasteiger partial charge >= 0.3 is 5.97 Å². The van der Waals surface area contributed by atoms with Crippen LogP contribution >= 0.6 is 0 Å². The van der Waals surface area contributed by atoms with E-state index in [2.05, 4.69) is 0 Å². The molecule has 0 saturated carbocycles. The van der Waals surface area contributed by atoms with E-state index >= 15 is 0 Å². The van der Waals surface area contributed by atoms with Gasteiger partial charge in [0.15, 0.2) is 5.60 Å². The lowest BCUT2D eigenvalue weighted by Crippen LogP contribution is -2.35. The second-order valence-corrected chi connectivity index (χ2v) is 6.51. The van der Waals surface area contributed by atoms with Crippen molar-refractivity contribution in [2.24, 2.45) is 0 Å². The number of benzene rings is 3. The summed E-state index contributed by atoms with van der Waals surface area (Å²) in [6.45, 7) is 3.32. The highest BCUT2D eigenvalue weighted by molar-refractivity contribution is 5.66. The molecule has 0 aliphatic rings. The van der Waals surface area contributed by atoms with Gasteiger partial charge < -0.3 is 14.2 Å². The molecule has 3 aromatic rings. The second-order valence-electron chi connectivity index (χ2n) is 6.51. The lowest BCUT2D eigenvalue weighted by Gasteiger charge is -2.30. The fourth-order valence-corrected chi connectivity index (χ4v) is 2.68. The summed E-state index contributed by atoms with van der Waals surface area (Å²) in [5.74, 6) is 1.06. The first-order chi connectivity index (χ1) is 13.4. The molecule has 4 nitrogen and oxygen atoms in total. The van der Waals surface area contributed by atoms with Crippen molar-refractivity contribution in [3.05, 3.63) is 90.2 Å². The first kappa shape index (κ1) is 19.4. The van der Waals surface area contributed by atoms with Crippen LogP contribution in [0.1, 0.15) is 19.4 Å². The Morgan fingerprint density at radius 1 is 0.857 bits per heavy atom. The SMILES string of the molecule is CC(=O)OCC(C)(Oc1ccc(Oc2ccc(F)cc2)cc1)c1ccccc1. The van der Waals surface area contributed by atoms with Crippen LogP contribution < -0.4 is 9.47 Å². The summed E-state index contributed by atoms with van der Waals surface area (Å²) >= 11 is 0. The Hall–Kier alpha value is -3.34. The minimum Gasteiger partial charge on any atom is -0.479 e. The number of carbonyl (C=O) groups is 1. The van der Waals surface area contributed by atoms with E-state index in [0.29, 0.717) is 17.2 Å². The zero-order chi connectivity index (χ0) is 20.0. The van der Waals surface area contributed by atoms with Crippen LogP contribution in [-0.4, -0.2) is 12.6 Å². The Kier molecular flexibility index (Phi) is 5.94. The summed E-state index contributed by atoms with van der Waals surface area (Å²) in [6, 6.07) is 22.4. The number of carbonyl (C=O) groups excluding carboxylic acids is 1. The highest BCUT2D eigenvalue weighted by Crippen LogP contribution is 2.31. The molecule has 0 spiro atoms. The monoisotopic (exact) mass is 380 g/mol. The third-order valence-corrected chi connectivity index (χ3v) is 4.15. The normalized spacial score (nSPS) is 12.7. The van der Waals surface area contributed by atoms with Gasteiger partial charge in [0.05, 0.1) is 0 Å². The van der Waals surface area contributed by atoms with Crippen LogP contribution in [0, 0.1) is 5.82 Å². The van der Waals surface area contributed by atoms with Crippen molar-refractivity contribution in [3.8, 4) is 17.2 Å². The number of ether oxygens (including phenoxy) is 3. The van der Waals surface area contributed by atoms with Crippen LogP contribution in [0.5, 0.6) is 17.2 Å². The van der Waals surface area contributed by atoms with Gasteiger partial charge in [0, 0.05) is 6.92 Å². The van der Waals surface area contributed by atoms with E-state index in [4.69, 9.17) is 14.2 Å². The molecule has 0 aliphatic heterocycles. The maximum absolute atomic E-state index is 13.0. The summed E-state index contributed by atoms with van der Waals surface area (Å²) in [7, 11) is 0. The standard InChI is InChI=1S/C23H21FO4/c1-17(25)26-16-23(2,18-6-4-3-5-7-18)28-22-14-12-21(13-15-22)27-20-10-8-19(24)9-11-20/h3-15H,16H2,1-2H3. The maximum Gasteiger partial charge on any atom is 0.302 e. The van der Waals surface area contributed by atoms with E-state index in [1.807, 2.05) is 37.3 Å². The zero-order valence-corrected chi connectivity index (χ0v) is 15.7. The highest BCUT2D eigenvalue weighted by Gasteiger charge is 2.30. The molecule has 0 radical (unpaired) electrons. The predicted octanol–water partition coefficient (Wildman–Crippen LogP) is 5.48. The molecule has 0 N–H and O–H groups in total. The smallest absolute Gasteiger partial charge is 0.302 e. The van der Waals surface area contributed by atoms with Crippen molar-refractivity contribution in [3.63, 3.8) is 0 Å². The topological polar surface area (TPSA) is 44.8 Å². The quantitative estimate of drug-likeness (QED) is 0.510. The fraction of sp³-hybridized carbons (Fsp3) is 0.174. The van der Waals surface area contributed by atoms with Crippen molar-refractivity contribution in [1.82, 2.24) is 0 Å². The van der Waals surface area contributed by atoms with Crippen molar-refractivity contribution < 1.29 is 23.4 Å². The first-order valence-corrected chi connectivity index (χ1v) is 8.86. The maximum atomic E-state index is 13.0. The van der Waals surface area contributed by atoms with Crippen LogP contribution in [0.4, 0.5) is 4.39 Å². The van der Waals surface area contributed by atoms with Crippen LogP contribution in [0.15, 0.2) is 78.9 Å². The lowest BCUT2D eigenvalue weighted by molar-refractivity contribution is -0.147. The Morgan fingerprint density at radius 2 is 1.39 bits per heavy atom. The number of esters is 1. The first-order valence-electron chi connectivity index (χ1n) is 8.86. The van der Waals surface area contributed by atoms with E-state index in [1.165, 1.54) is 19.1 Å². The van der Waals surface area contributed by atoms with Crippen molar-refractivity contribution in [2.75, 3.05) is 6.61 Å². The number of rotatable bonds is 7. The largest absolute Gasteiger partial charge is 0.479 e. The second kappa shape index (κ2) is 8.57. The molecule has 3 aromatic carbocycles. The highest BCUT2D eigenvalue weighted by atomic mass is 19.1. The van der Waals surface area contributed by atoms with Gasteiger partial charge in [0.25, 0.3) is 0 Å². The van der Waals surface area contributed by atoms with Gasteiger partial charge in [0.2, 0.25) is 0 Å². The zero-order valence-electron chi connectivity index (χ0n) is 15.7. The lowest BCUT2D eigenvalue weighted by atomic mass is 9.96. The van der Waals surface area contributed by atoms with E-state index in [0.717, 1.165) is 5.56 Å². The molecule has 0 bridgehead atoms. The minimum absolute atomic E-state index is 0.0835. The molecule has 144 valence electrons. The van der Waals surface area contributed by atoms with Gasteiger partial charge in [-0.1, -0.05) is 30.3 Å². The van der Waals surface area contributed by atoms with Gasteiger partial charge in [0.1, 0.15) is 29.7 Å². The molecule has 3 rings (SSSR count). The molecule has 0 aliphatic carbocycles. The Balaban J connectivity index is 1.75. The molecule has 0 saturated heterocycles. The summed E-state index contributed by atoms with van der Waals surface area (Å²) in [4.78, 5) is 11.3. The molecule has 28 heavy (non-hydrogen) atoms. The number of hydrogen-bond donors (Lipinski definition) is 0. The molecular formula is C23H21FO4. The summed E-state index contributed by atoms with van der Waals surface area (Å²) < 4.78 is 30.1. The van der Waals surface area contributed by atoms with Gasteiger partial charge in [-0.15, -0.1) is 0 Å². The third-order valence-electron chi connectivity index (χ3n) is 4.15. The van der Waals surface area contributed by atoms with Gasteiger partial charge in [-0.2, -0.15) is 0 Å². The van der Waals surface area contributed by atoms with Crippen molar-refractivity contribution >= 4 is 5.97 Å². The van der Waals surface area contributed by atoms with Crippen LogP contribution in [0.3, 0.4) is 0 Å². The Bertz CT molecular complexity index is 908. The van der Waals surface area contributed by atoms with Gasteiger partial charge in [-0.05, 0) is 61.0 Å². The summed E-state index contributed by atoms with van der Waals surface area (Å²) in [5.41, 5.74) is 0.0506. The third kappa shape index (κ3) is 5.10. The van der Waals surface area contributed by atoms with E-state index in [9.17, 15) is 9.18 Å². The molecule has 5 heteroatoms. The minimum atomic E-state index is -0.841. The van der Waals surface area contributed by atoms with Crippen molar-refractivity contribution in [1.29, 1.82) is 0 Å². The predicted molar refractivity (Wildman–Crippen MR) is 104 cm³/mol. The summed E-state index contributed by atoms with van der Waals surface area (Å²) in [5, 5.41) is 0. The van der Waals surface area contributed by atoms with E-state index in [-0.39, 0.29) is 18.4 Å². The van der Waals surface area contributed by atoms with Crippen molar-refractivity contribution in [2.45, 2.75) is 19.4 Å². The summed E-state index contributed by atoms with van der Waals surface area (Å²) in [6.07, 6.45) is 0. The number of halogens is 1. The van der Waals surface area contributed by atoms with Gasteiger partial charge in [-0.25, -0.2) is 4.39 Å². The number of hydrogen-bond acceptors (Lipinski definition) is 4. The van der Waals surface area contributed by atoms with Gasteiger partial charge in [-0.3, -0.25) is 4.79 Å². The van der Waals surface area contributed by atoms with E-state index < -0.39 is 5.60 Å². The Morgan fingerprint density at radius 3 is 1.96 bits per heavy atom. The molecular weight excluding hydrogens is 359 g/mol. The Labute approximate surface area is 163 Å². The molecule has 1 unspecified atom stereocenters. The molecule has 0 aromatic heterocycles. The molecule has 0 heterocycles. The average molecular weight is 380 g/mol.